The van der Waals surface area contributed by atoms with Crippen LogP contribution in [-0.4, -0.2) is 39.9 Å². The summed E-state index contributed by atoms with van der Waals surface area (Å²) >= 11 is 1.24. The van der Waals surface area contributed by atoms with E-state index in [1.807, 2.05) is 17.0 Å². The molecule has 0 aliphatic heterocycles. The minimum absolute atomic E-state index is 0.0447. The molecule has 0 radical (unpaired) electrons. The van der Waals surface area contributed by atoms with Gasteiger partial charge in [-0.1, -0.05) is 43.9 Å². The fraction of sp³-hybridized carbons (Fsp3) is 0.632. The molecule has 25 heavy (non-hydrogen) atoms. The topological polar surface area (TPSA) is 62.3 Å². The van der Waals surface area contributed by atoms with E-state index in [-0.39, 0.29) is 11.1 Å². The van der Waals surface area contributed by atoms with Crippen LogP contribution in [0.5, 0.6) is 0 Å². The molecule has 2 rings (SSSR count). The fourth-order valence-corrected chi connectivity index (χ4v) is 3.73. The molecule has 5 nitrogen and oxygen atoms in total. The highest BCUT2D eigenvalue weighted by Gasteiger charge is 2.18. The summed E-state index contributed by atoms with van der Waals surface area (Å²) in [5.41, 5.74) is 1.09. The molecule has 0 saturated heterocycles. The van der Waals surface area contributed by atoms with E-state index < -0.39 is 0 Å². The molecule has 1 saturated carbocycles. The normalized spacial score (nSPS) is 14.9. The van der Waals surface area contributed by atoms with Crippen molar-refractivity contribution in [3.05, 3.63) is 30.1 Å². The summed E-state index contributed by atoms with van der Waals surface area (Å²) < 4.78 is 0. The highest BCUT2D eigenvalue weighted by atomic mass is 32.2. The summed E-state index contributed by atoms with van der Waals surface area (Å²) in [6.45, 7) is 3.44. The monoisotopic (exact) mass is 363 g/mol. The Morgan fingerprint density at radius 3 is 2.64 bits per heavy atom. The molecular weight excluding hydrogens is 334 g/mol. The van der Waals surface area contributed by atoms with Gasteiger partial charge in [-0.25, -0.2) is 4.79 Å². The van der Waals surface area contributed by atoms with Gasteiger partial charge >= 0.3 is 6.03 Å². The molecule has 0 aromatic carbocycles. The van der Waals surface area contributed by atoms with Crippen molar-refractivity contribution >= 4 is 22.9 Å². The fourth-order valence-electron chi connectivity index (χ4n) is 3.24. The van der Waals surface area contributed by atoms with Crippen LogP contribution in [0.25, 0.3) is 0 Å². The van der Waals surface area contributed by atoms with E-state index >= 15 is 0 Å². The second-order valence-corrected chi connectivity index (χ2v) is 7.91. The molecule has 1 aliphatic rings. The molecule has 0 atom stereocenters. The molecule has 0 bridgehead atoms. The summed E-state index contributed by atoms with van der Waals surface area (Å²) in [5, 5.41) is 3.03. The van der Waals surface area contributed by atoms with Crippen molar-refractivity contribution in [3.63, 3.8) is 0 Å². The number of carbonyl (C=O) groups excluding carboxylic acids is 2. The average Bonchev–Trinajstić information content (AvgIpc) is 2.63. The smallest absolute Gasteiger partial charge is 0.317 e. The summed E-state index contributed by atoms with van der Waals surface area (Å²) in [7, 11) is 0. The molecule has 1 aromatic rings. The third-order valence-corrected chi connectivity index (χ3v) is 5.44. The van der Waals surface area contributed by atoms with E-state index in [4.69, 9.17) is 0 Å². The van der Waals surface area contributed by atoms with Crippen molar-refractivity contribution in [1.29, 1.82) is 0 Å². The Bertz CT molecular complexity index is 533. The number of thioether (sulfide) groups is 1. The maximum atomic E-state index is 12.6. The number of aromatic nitrogens is 1. The van der Waals surface area contributed by atoms with Crippen molar-refractivity contribution in [3.8, 4) is 0 Å². The van der Waals surface area contributed by atoms with Crippen LogP contribution in [0.2, 0.25) is 0 Å². The van der Waals surface area contributed by atoms with Crippen LogP contribution in [0, 0.1) is 5.92 Å². The second-order valence-electron chi connectivity index (χ2n) is 6.64. The lowest BCUT2D eigenvalue weighted by molar-refractivity contribution is -0.109. The molecule has 1 heterocycles. The first-order valence-corrected chi connectivity index (χ1v) is 10.2. The number of carbonyl (C=O) groups is 2. The Morgan fingerprint density at radius 2 is 1.96 bits per heavy atom. The first-order valence-electron chi connectivity index (χ1n) is 9.20. The van der Waals surface area contributed by atoms with Crippen LogP contribution in [0.1, 0.15) is 51.0 Å². The van der Waals surface area contributed by atoms with Crippen LogP contribution in [-0.2, 0) is 11.3 Å². The van der Waals surface area contributed by atoms with E-state index in [1.54, 1.807) is 19.3 Å². The van der Waals surface area contributed by atoms with Crippen LogP contribution < -0.4 is 5.32 Å². The summed E-state index contributed by atoms with van der Waals surface area (Å²) in [6, 6.07) is 3.86. The summed E-state index contributed by atoms with van der Waals surface area (Å²) in [5.74, 6) is 1.36. The largest absolute Gasteiger partial charge is 0.337 e. The molecule has 138 valence electrons. The second kappa shape index (κ2) is 11.1. The van der Waals surface area contributed by atoms with Crippen molar-refractivity contribution in [2.45, 2.75) is 52.0 Å². The Hall–Kier alpha value is -1.56. The maximum absolute atomic E-state index is 12.6. The van der Waals surface area contributed by atoms with Gasteiger partial charge in [0.1, 0.15) is 0 Å². The number of hydrogen-bond donors (Lipinski definition) is 1. The van der Waals surface area contributed by atoms with E-state index in [0.29, 0.717) is 18.8 Å². The van der Waals surface area contributed by atoms with Gasteiger partial charge in [-0.05, 0) is 30.0 Å². The number of nitrogens with one attached hydrogen (secondary N) is 1. The molecule has 0 unspecified atom stereocenters. The van der Waals surface area contributed by atoms with Crippen molar-refractivity contribution in [2.24, 2.45) is 5.92 Å². The molecule has 1 aromatic heterocycles. The lowest BCUT2D eigenvalue weighted by Gasteiger charge is -2.27. The average molecular weight is 364 g/mol. The highest BCUT2D eigenvalue weighted by Crippen LogP contribution is 2.26. The predicted molar refractivity (Wildman–Crippen MR) is 102 cm³/mol. The Labute approximate surface area is 155 Å². The molecule has 1 N–H and O–H groups in total. The van der Waals surface area contributed by atoms with Gasteiger partial charge in [0, 0.05) is 44.7 Å². The molecule has 0 spiro atoms. The summed E-state index contributed by atoms with van der Waals surface area (Å²) in [4.78, 5) is 29.5. The van der Waals surface area contributed by atoms with Crippen molar-refractivity contribution in [2.75, 3.05) is 18.8 Å². The predicted octanol–water partition coefficient (Wildman–Crippen LogP) is 3.84. The van der Waals surface area contributed by atoms with Gasteiger partial charge in [0.25, 0.3) is 0 Å². The molecule has 6 heteroatoms. The zero-order valence-electron chi connectivity index (χ0n) is 15.1. The molecule has 1 fully saturated rings. The molecular formula is C19H29N3O2S. The number of pyridine rings is 1. The minimum atomic E-state index is -0.0447. The zero-order chi connectivity index (χ0) is 17.9. The van der Waals surface area contributed by atoms with Gasteiger partial charge in [0.2, 0.25) is 0 Å². The van der Waals surface area contributed by atoms with Crippen LogP contribution >= 0.6 is 11.8 Å². The number of urea groups is 1. The molecule has 2 amide bonds. The van der Waals surface area contributed by atoms with Crippen molar-refractivity contribution < 1.29 is 9.59 Å². The third kappa shape index (κ3) is 7.90. The number of rotatable bonds is 8. The van der Waals surface area contributed by atoms with Gasteiger partial charge in [0.05, 0.1) is 0 Å². The molecule has 1 aliphatic carbocycles. The summed E-state index contributed by atoms with van der Waals surface area (Å²) in [6.07, 6.45) is 11.2. The Kier molecular flexibility index (Phi) is 8.80. The lowest BCUT2D eigenvalue weighted by atomic mass is 9.87. The van der Waals surface area contributed by atoms with Gasteiger partial charge in [-0.15, -0.1) is 0 Å². The third-order valence-electron chi connectivity index (χ3n) is 4.63. The van der Waals surface area contributed by atoms with E-state index in [9.17, 15) is 9.59 Å². The van der Waals surface area contributed by atoms with E-state index in [2.05, 4.69) is 10.3 Å². The van der Waals surface area contributed by atoms with E-state index in [0.717, 1.165) is 24.4 Å². The van der Waals surface area contributed by atoms with Crippen LogP contribution in [0.3, 0.4) is 0 Å². The van der Waals surface area contributed by atoms with Gasteiger partial charge in [-0.2, -0.15) is 0 Å². The minimum Gasteiger partial charge on any atom is -0.337 e. The first kappa shape index (κ1) is 19.8. The van der Waals surface area contributed by atoms with Gasteiger partial charge in [0.15, 0.2) is 5.12 Å². The van der Waals surface area contributed by atoms with Crippen LogP contribution in [0.15, 0.2) is 24.5 Å². The lowest BCUT2D eigenvalue weighted by Crippen LogP contribution is -2.41. The quantitative estimate of drug-likeness (QED) is 0.713. The van der Waals surface area contributed by atoms with E-state index in [1.165, 1.54) is 43.9 Å². The van der Waals surface area contributed by atoms with Crippen molar-refractivity contribution in [1.82, 2.24) is 15.2 Å². The number of nitrogens with zero attached hydrogens (tertiary/aromatic N) is 2. The van der Waals surface area contributed by atoms with Gasteiger partial charge < -0.3 is 10.2 Å². The number of amides is 2. The standard InChI is InChI=1S/C19H29N3O2S/c1-16(23)25-14-12-21-19(24)22(15-18-7-10-20-11-8-18)13-9-17-5-3-2-4-6-17/h7-8,10-11,17H,2-6,9,12-15H2,1H3,(H,21,24). The Morgan fingerprint density at radius 1 is 1.24 bits per heavy atom. The SMILES string of the molecule is CC(=O)SCCNC(=O)N(CCC1CCCCC1)Cc1ccncc1. The first-order chi connectivity index (χ1) is 12.1. The maximum Gasteiger partial charge on any atom is 0.317 e. The highest BCUT2D eigenvalue weighted by molar-refractivity contribution is 8.13. The number of hydrogen-bond acceptors (Lipinski definition) is 4. The van der Waals surface area contributed by atoms with Crippen LogP contribution in [0.4, 0.5) is 4.79 Å². The van der Waals surface area contributed by atoms with Gasteiger partial charge in [-0.3, -0.25) is 9.78 Å². The zero-order valence-corrected chi connectivity index (χ0v) is 15.9. The Balaban J connectivity index is 1.85.